The predicted octanol–water partition coefficient (Wildman–Crippen LogP) is 3.04. The van der Waals surface area contributed by atoms with Gasteiger partial charge in [0.15, 0.2) is 0 Å². The summed E-state index contributed by atoms with van der Waals surface area (Å²) < 4.78 is 5.56. The highest BCUT2D eigenvalue weighted by Gasteiger charge is 2.34. The molecule has 0 aromatic heterocycles. The third-order valence-corrected chi connectivity index (χ3v) is 6.57. The van der Waals surface area contributed by atoms with Crippen LogP contribution in [0.4, 0.5) is 4.79 Å². The lowest BCUT2D eigenvalue weighted by atomic mass is 9.78. The van der Waals surface area contributed by atoms with Crippen LogP contribution in [0, 0.1) is 5.92 Å². The van der Waals surface area contributed by atoms with Gasteiger partial charge in [-0.1, -0.05) is 48.5 Å². The van der Waals surface area contributed by atoms with Crippen LogP contribution in [0.25, 0.3) is 11.1 Å². The standard InChI is InChI=1S/C26H30N2O6/c1-26(33,13-24(30)31)15-27-23(29)12-16-10-17(11-16)28-25(32)34-14-22-20-8-4-2-6-18(20)19-7-3-5-9-21(19)22/h2-9,16-17,22,33H,10-15H2,1H3,(H,27,29)(H,28,32)(H,30,31). The SMILES string of the molecule is CC(O)(CNC(=O)CC1CC(NC(=O)OCC2c3ccccc3-c3ccccc32)C1)CC(=O)O. The van der Waals surface area contributed by atoms with Gasteiger partial charge in [0.25, 0.3) is 0 Å². The average molecular weight is 467 g/mol. The second-order valence-electron chi connectivity index (χ2n) is 9.55. The minimum atomic E-state index is -1.49. The fourth-order valence-corrected chi connectivity index (χ4v) is 4.84. The Bertz CT molecular complexity index is 1030. The van der Waals surface area contributed by atoms with E-state index in [1.165, 1.54) is 18.1 Å². The number of amides is 2. The molecule has 0 aliphatic heterocycles. The number of carboxylic acid groups (broad SMARTS) is 1. The van der Waals surface area contributed by atoms with Crippen molar-refractivity contribution in [3.05, 3.63) is 59.7 Å². The van der Waals surface area contributed by atoms with E-state index < -0.39 is 24.1 Å². The Morgan fingerprint density at radius 2 is 1.62 bits per heavy atom. The van der Waals surface area contributed by atoms with E-state index in [4.69, 9.17) is 9.84 Å². The topological polar surface area (TPSA) is 125 Å². The summed E-state index contributed by atoms with van der Waals surface area (Å²) in [6.45, 7) is 1.51. The van der Waals surface area contributed by atoms with Crippen LogP contribution in [-0.2, 0) is 14.3 Å². The number of carboxylic acids is 1. The lowest BCUT2D eigenvalue weighted by molar-refractivity contribution is -0.142. The zero-order valence-electron chi connectivity index (χ0n) is 19.1. The van der Waals surface area contributed by atoms with Gasteiger partial charge in [0.1, 0.15) is 6.61 Å². The molecule has 0 radical (unpaired) electrons. The Morgan fingerprint density at radius 1 is 1.03 bits per heavy atom. The van der Waals surface area contributed by atoms with E-state index >= 15 is 0 Å². The molecule has 0 bridgehead atoms. The first-order chi connectivity index (χ1) is 16.2. The average Bonchev–Trinajstić information content (AvgIpc) is 3.08. The number of aliphatic carboxylic acids is 1. The van der Waals surface area contributed by atoms with E-state index in [0.29, 0.717) is 12.8 Å². The van der Waals surface area contributed by atoms with Crippen molar-refractivity contribution in [1.29, 1.82) is 0 Å². The fraction of sp³-hybridized carbons (Fsp3) is 0.423. The van der Waals surface area contributed by atoms with E-state index in [2.05, 4.69) is 34.9 Å². The van der Waals surface area contributed by atoms with E-state index in [1.807, 2.05) is 24.3 Å². The van der Waals surface area contributed by atoms with Crippen molar-refractivity contribution >= 4 is 18.0 Å². The predicted molar refractivity (Wildman–Crippen MR) is 125 cm³/mol. The van der Waals surface area contributed by atoms with Crippen LogP contribution in [0.5, 0.6) is 0 Å². The smallest absolute Gasteiger partial charge is 0.407 e. The lowest BCUT2D eigenvalue weighted by Gasteiger charge is -2.35. The minimum absolute atomic E-state index is 0.00863. The summed E-state index contributed by atoms with van der Waals surface area (Å²) in [4.78, 5) is 35.2. The fourth-order valence-electron chi connectivity index (χ4n) is 4.84. The normalized spacial score (nSPS) is 20.3. The number of fused-ring (bicyclic) bond motifs is 3. The molecule has 34 heavy (non-hydrogen) atoms. The lowest BCUT2D eigenvalue weighted by Crippen LogP contribution is -2.47. The molecular formula is C26H30N2O6. The van der Waals surface area contributed by atoms with Crippen LogP contribution in [0.15, 0.2) is 48.5 Å². The quantitative estimate of drug-likeness (QED) is 0.450. The summed E-state index contributed by atoms with van der Waals surface area (Å²) in [7, 11) is 0. The van der Waals surface area contributed by atoms with Crippen molar-refractivity contribution < 1.29 is 29.3 Å². The highest BCUT2D eigenvalue weighted by molar-refractivity contribution is 5.79. The number of ether oxygens (including phenoxy) is 1. The summed E-state index contributed by atoms with van der Waals surface area (Å²) in [5.41, 5.74) is 3.19. The molecule has 1 atom stereocenters. The number of hydrogen-bond donors (Lipinski definition) is 4. The van der Waals surface area contributed by atoms with Crippen molar-refractivity contribution in [2.24, 2.45) is 5.92 Å². The van der Waals surface area contributed by atoms with Gasteiger partial charge in [-0.25, -0.2) is 4.79 Å². The molecule has 8 nitrogen and oxygen atoms in total. The van der Waals surface area contributed by atoms with Gasteiger partial charge >= 0.3 is 12.1 Å². The maximum Gasteiger partial charge on any atom is 0.407 e. The van der Waals surface area contributed by atoms with E-state index in [9.17, 15) is 19.5 Å². The Kier molecular flexibility index (Phi) is 6.88. The molecule has 2 aromatic rings. The number of rotatable bonds is 9. The molecule has 1 saturated carbocycles. The molecule has 180 valence electrons. The van der Waals surface area contributed by atoms with E-state index in [-0.39, 0.29) is 43.4 Å². The Morgan fingerprint density at radius 3 is 2.21 bits per heavy atom. The first-order valence-electron chi connectivity index (χ1n) is 11.5. The van der Waals surface area contributed by atoms with E-state index in [0.717, 1.165) is 11.1 Å². The van der Waals surface area contributed by atoms with Gasteiger partial charge in [0.2, 0.25) is 5.91 Å². The van der Waals surface area contributed by atoms with Gasteiger partial charge < -0.3 is 25.6 Å². The van der Waals surface area contributed by atoms with E-state index in [1.54, 1.807) is 0 Å². The van der Waals surface area contributed by atoms with Crippen LogP contribution in [-0.4, -0.2) is 53.0 Å². The molecule has 4 N–H and O–H groups in total. The second-order valence-corrected chi connectivity index (χ2v) is 9.55. The molecule has 2 aromatic carbocycles. The monoisotopic (exact) mass is 466 g/mol. The third-order valence-electron chi connectivity index (χ3n) is 6.57. The van der Waals surface area contributed by atoms with Gasteiger partial charge in [-0.3, -0.25) is 9.59 Å². The molecule has 0 heterocycles. The highest BCUT2D eigenvalue weighted by atomic mass is 16.5. The van der Waals surface area contributed by atoms with Crippen molar-refractivity contribution in [2.75, 3.05) is 13.2 Å². The highest BCUT2D eigenvalue weighted by Crippen LogP contribution is 2.44. The largest absolute Gasteiger partial charge is 0.481 e. The molecule has 2 aliphatic carbocycles. The molecule has 1 unspecified atom stereocenters. The molecule has 1 fully saturated rings. The van der Waals surface area contributed by atoms with Gasteiger partial charge in [-0.15, -0.1) is 0 Å². The first kappa shape index (κ1) is 23.8. The number of nitrogens with one attached hydrogen (secondary N) is 2. The molecule has 8 heteroatoms. The number of carbonyl (C=O) groups excluding carboxylic acids is 2. The first-order valence-corrected chi connectivity index (χ1v) is 11.5. The summed E-state index contributed by atoms with van der Waals surface area (Å²) in [5.74, 6) is -1.23. The van der Waals surface area contributed by atoms with Crippen molar-refractivity contribution in [2.45, 2.75) is 50.2 Å². The maximum atomic E-state index is 12.4. The van der Waals surface area contributed by atoms with Crippen LogP contribution < -0.4 is 10.6 Å². The number of alkyl carbamates (subject to hydrolysis) is 1. The summed E-state index contributed by atoms with van der Waals surface area (Å²) >= 11 is 0. The number of carbonyl (C=O) groups is 3. The van der Waals surface area contributed by atoms with Gasteiger partial charge in [0.05, 0.1) is 12.0 Å². The van der Waals surface area contributed by atoms with Crippen LogP contribution in [0.3, 0.4) is 0 Å². The summed E-state index contributed by atoms with van der Waals surface area (Å²) in [6, 6.07) is 16.3. The van der Waals surface area contributed by atoms with Gasteiger partial charge in [0, 0.05) is 24.9 Å². The Balaban J connectivity index is 1.18. The minimum Gasteiger partial charge on any atom is -0.481 e. The summed E-state index contributed by atoms with van der Waals surface area (Å²) in [6.07, 6.45) is 0.709. The molecule has 0 spiro atoms. The zero-order valence-corrected chi connectivity index (χ0v) is 19.1. The van der Waals surface area contributed by atoms with Gasteiger partial charge in [-0.2, -0.15) is 0 Å². The third kappa shape index (κ3) is 5.56. The zero-order chi connectivity index (χ0) is 24.3. The molecular weight excluding hydrogens is 436 g/mol. The van der Waals surface area contributed by atoms with Crippen molar-refractivity contribution in [3.8, 4) is 11.1 Å². The molecule has 0 saturated heterocycles. The number of hydrogen-bond acceptors (Lipinski definition) is 5. The van der Waals surface area contributed by atoms with Crippen molar-refractivity contribution in [3.63, 3.8) is 0 Å². The maximum absolute atomic E-state index is 12.4. The Hall–Kier alpha value is -3.39. The van der Waals surface area contributed by atoms with Crippen LogP contribution in [0.1, 0.15) is 49.7 Å². The molecule has 2 aliphatic rings. The van der Waals surface area contributed by atoms with Crippen LogP contribution in [0.2, 0.25) is 0 Å². The number of benzene rings is 2. The Labute approximate surface area is 198 Å². The molecule has 2 amide bonds. The van der Waals surface area contributed by atoms with Crippen molar-refractivity contribution in [1.82, 2.24) is 10.6 Å². The second kappa shape index (κ2) is 9.85. The van der Waals surface area contributed by atoms with Crippen LogP contribution >= 0.6 is 0 Å². The van der Waals surface area contributed by atoms with Gasteiger partial charge in [-0.05, 0) is 47.9 Å². The molecule has 4 rings (SSSR count). The number of aliphatic hydroxyl groups is 1. The summed E-state index contributed by atoms with van der Waals surface area (Å²) in [5, 5.41) is 24.2.